The fourth-order valence-electron chi connectivity index (χ4n) is 2.13. The van der Waals surface area contributed by atoms with Crippen LogP contribution in [0.5, 0.6) is 5.75 Å². The van der Waals surface area contributed by atoms with Crippen molar-refractivity contribution in [3.63, 3.8) is 0 Å². The molecule has 2 rings (SSSR count). The maximum absolute atomic E-state index is 12.2. The topological polar surface area (TPSA) is 58.8 Å². The predicted molar refractivity (Wildman–Crippen MR) is 75.0 cm³/mol. The number of likely N-dealkylation sites (N-methyl/N-ethyl adjacent to an activating group) is 1. The molecule has 1 amide bonds. The largest absolute Gasteiger partial charge is 0.481 e. The first kappa shape index (κ1) is 13.7. The van der Waals surface area contributed by atoms with E-state index < -0.39 is 6.10 Å². The molecule has 0 bridgehead atoms. The van der Waals surface area contributed by atoms with Gasteiger partial charge in [-0.05, 0) is 26.1 Å². The summed E-state index contributed by atoms with van der Waals surface area (Å²) in [6, 6.07) is 7.15. The molecule has 1 aromatic carbocycles. The molecule has 0 aromatic heterocycles. The number of rotatable bonds is 3. The highest BCUT2D eigenvalue weighted by atomic mass is 16.5. The third kappa shape index (κ3) is 3.61. The molecule has 0 aliphatic carbocycles. The molecule has 1 aliphatic heterocycles. The van der Waals surface area contributed by atoms with Gasteiger partial charge < -0.3 is 20.3 Å². The van der Waals surface area contributed by atoms with Crippen LogP contribution in [-0.2, 0) is 4.79 Å². The predicted octanol–water partition coefficient (Wildman–Crippen LogP) is 0.810. The van der Waals surface area contributed by atoms with Gasteiger partial charge in [0.25, 0.3) is 5.91 Å². The summed E-state index contributed by atoms with van der Waals surface area (Å²) in [5.41, 5.74) is 6.32. The van der Waals surface area contributed by atoms with Crippen molar-refractivity contribution < 1.29 is 9.53 Å². The van der Waals surface area contributed by atoms with E-state index in [2.05, 4.69) is 11.9 Å². The van der Waals surface area contributed by atoms with Crippen molar-refractivity contribution >= 4 is 11.6 Å². The lowest BCUT2D eigenvalue weighted by molar-refractivity contribution is -0.139. The zero-order valence-electron chi connectivity index (χ0n) is 11.5. The summed E-state index contributed by atoms with van der Waals surface area (Å²) in [6.07, 6.45) is -0.481. The molecule has 0 radical (unpaired) electrons. The highest BCUT2D eigenvalue weighted by Crippen LogP contribution is 2.17. The number of ether oxygens (including phenoxy) is 1. The van der Waals surface area contributed by atoms with Crippen LogP contribution >= 0.6 is 0 Å². The molecule has 5 heteroatoms. The van der Waals surface area contributed by atoms with Gasteiger partial charge in [-0.1, -0.05) is 6.07 Å². The number of carbonyl (C=O) groups excluding carboxylic acids is 1. The van der Waals surface area contributed by atoms with Crippen LogP contribution in [-0.4, -0.2) is 55.0 Å². The monoisotopic (exact) mass is 263 g/mol. The summed E-state index contributed by atoms with van der Waals surface area (Å²) in [5, 5.41) is 0. The number of hydrogen-bond donors (Lipinski definition) is 1. The smallest absolute Gasteiger partial charge is 0.263 e. The van der Waals surface area contributed by atoms with Crippen molar-refractivity contribution in [2.24, 2.45) is 0 Å². The van der Waals surface area contributed by atoms with E-state index in [9.17, 15) is 4.79 Å². The Morgan fingerprint density at radius 3 is 2.63 bits per heavy atom. The molecule has 2 N–H and O–H groups in total. The zero-order chi connectivity index (χ0) is 13.8. The van der Waals surface area contributed by atoms with E-state index in [0.717, 1.165) is 26.2 Å². The molecule has 1 aliphatic rings. The number of anilines is 1. The van der Waals surface area contributed by atoms with Gasteiger partial charge in [-0.2, -0.15) is 0 Å². The van der Waals surface area contributed by atoms with Gasteiger partial charge >= 0.3 is 0 Å². The van der Waals surface area contributed by atoms with E-state index in [1.165, 1.54) is 0 Å². The lowest BCUT2D eigenvalue weighted by Crippen LogP contribution is -2.50. The molecule has 1 atom stereocenters. The van der Waals surface area contributed by atoms with E-state index in [1.54, 1.807) is 19.1 Å². The molecular weight excluding hydrogens is 242 g/mol. The number of nitrogens with two attached hydrogens (primary N) is 1. The quantitative estimate of drug-likeness (QED) is 0.820. The minimum absolute atomic E-state index is 0.0375. The van der Waals surface area contributed by atoms with Crippen LogP contribution in [0.1, 0.15) is 6.92 Å². The third-order valence-electron chi connectivity index (χ3n) is 3.33. The average Bonchev–Trinajstić information content (AvgIpc) is 2.39. The lowest BCUT2D eigenvalue weighted by atomic mass is 10.2. The van der Waals surface area contributed by atoms with E-state index in [4.69, 9.17) is 10.5 Å². The van der Waals surface area contributed by atoms with Gasteiger partial charge in [0.15, 0.2) is 6.10 Å². The van der Waals surface area contributed by atoms with E-state index in [0.29, 0.717) is 11.4 Å². The van der Waals surface area contributed by atoms with Gasteiger partial charge in [-0.3, -0.25) is 4.79 Å². The number of amides is 1. The number of nitrogens with zero attached hydrogens (tertiary/aromatic N) is 2. The summed E-state index contributed by atoms with van der Waals surface area (Å²) in [4.78, 5) is 16.3. The summed E-state index contributed by atoms with van der Waals surface area (Å²) >= 11 is 0. The van der Waals surface area contributed by atoms with Crippen LogP contribution in [0.4, 0.5) is 5.69 Å². The van der Waals surface area contributed by atoms with Gasteiger partial charge in [-0.15, -0.1) is 0 Å². The highest BCUT2D eigenvalue weighted by Gasteiger charge is 2.24. The Hall–Kier alpha value is -1.75. The average molecular weight is 263 g/mol. The highest BCUT2D eigenvalue weighted by molar-refractivity contribution is 5.81. The maximum atomic E-state index is 12.2. The van der Waals surface area contributed by atoms with Crippen molar-refractivity contribution in [3.8, 4) is 5.75 Å². The van der Waals surface area contributed by atoms with Crippen molar-refractivity contribution in [1.29, 1.82) is 0 Å². The minimum Gasteiger partial charge on any atom is -0.481 e. The van der Waals surface area contributed by atoms with Crippen molar-refractivity contribution in [2.45, 2.75) is 13.0 Å². The maximum Gasteiger partial charge on any atom is 0.263 e. The van der Waals surface area contributed by atoms with Crippen LogP contribution in [0.15, 0.2) is 24.3 Å². The van der Waals surface area contributed by atoms with Gasteiger partial charge in [0.05, 0.1) is 0 Å². The molecule has 5 nitrogen and oxygen atoms in total. The Morgan fingerprint density at radius 2 is 2.00 bits per heavy atom. The number of benzene rings is 1. The van der Waals surface area contributed by atoms with E-state index in [1.807, 2.05) is 17.0 Å². The Balaban J connectivity index is 1.92. The van der Waals surface area contributed by atoms with Gasteiger partial charge in [0, 0.05) is 37.9 Å². The summed E-state index contributed by atoms with van der Waals surface area (Å²) in [6.45, 7) is 5.14. The molecule has 104 valence electrons. The van der Waals surface area contributed by atoms with Crippen LogP contribution in [0.3, 0.4) is 0 Å². The second-order valence-corrected chi connectivity index (χ2v) is 4.96. The molecular formula is C14H21N3O2. The van der Waals surface area contributed by atoms with Crippen LogP contribution < -0.4 is 10.5 Å². The Bertz CT molecular complexity index is 442. The summed E-state index contributed by atoms with van der Waals surface area (Å²) < 4.78 is 5.65. The standard InChI is InChI=1S/C14H21N3O2/c1-11(19-13-5-3-4-12(15)10-13)14(18)17-8-6-16(2)7-9-17/h3-5,10-11H,6-9,15H2,1-2H3/t11-/m1/s1. The fourth-order valence-corrected chi connectivity index (χ4v) is 2.13. The fraction of sp³-hybridized carbons (Fsp3) is 0.500. The van der Waals surface area contributed by atoms with Crippen LogP contribution in [0, 0.1) is 0 Å². The molecule has 19 heavy (non-hydrogen) atoms. The minimum atomic E-state index is -0.481. The molecule has 0 spiro atoms. The van der Waals surface area contributed by atoms with Crippen LogP contribution in [0.25, 0.3) is 0 Å². The number of carbonyl (C=O) groups is 1. The van der Waals surface area contributed by atoms with Crippen molar-refractivity contribution in [3.05, 3.63) is 24.3 Å². The first-order valence-electron chi connectivity index (χ1n) is 6.56. The summed E-state index contributed by atoms with van der Waals surface area (Å²) in [7, 11) is 2.06. The second-order valence-electron chi connectivity index (χ2n) is 4.96. The molecule has 1 saturated heterocycles. The molecule has 1 fully saturated rings. The van der Waals surface area contributed by atoms with Crippen LogP contribution in [0.2, 0.25) is 0 Å². The van der Waals surface area contributed by atoms with Gasteiger partial charge in [0.1, 0.15) is 5.75 Å². The Kier molecular flexibility index (Phi) is 4.27. The van der Waals surface area contributed by atoms with Crippen molar-refractivity contribution in [2.75, 3.05) is 39.0 Å². The first-order valence-corrected chi connectivity index (χ1v) is 6.56. The van der Waals surface area contributed by atoms with Crippen molar-refractivity contribution in [1.82, 2.24) is 9.80 Å². The first-order chi connectivity index (χ1) is 9.06. The zero-order valence-corrected chi connectivity index (χ0v) is 11.5. The lowest BCUT2D eigenvalue weighted by Gasteiger charge is -2.33. The number of nitrogen functional groups attached to an aromatic ring is 1. The molecule has 0 saturated carbocycles. The third-order valence-corrected chi connectivity index (χ3v) is 3.33. The Morgan fingerprint density at radius 1 is 1.32 bits per heavy atom. The number of hydrogen-bond acceptors (Lipinski definition) is 4. The van der Waals surface area contributed by atoms with E-state index >= 15 is 0 Å². The second kappa shape index (κ2) is 5.93. The SMILES string of the molecule is C[C@@H](Oc1cccc(N)c1)C(=O)N1CCN(C)CC1. The molecule has 0 unspecified atom stereocenters. The molecule has 1 aromatic rings. The molecule has 1 heterocycles. The Labute approximate surface area is 113 Å². The number of piperazine rings is 1. The van der Waals surface area contributed by atoms with E-state index in [-0.39, 0.29) is 5.91 Å². The van der Waals surface area contributed by atoms with Gasteiger partial charge in [0.2, 0.25) is 0 Å². The normalized spacial score (nSPS) is 18.1. The summed E-state index contributed by atoms with van der Waals surface area (Å²) in [5.74, 6) is 0.672. The van der Waals surface area contributed by atoms with Gasteiger partial charge in [-0.25, -0.2) is 0 Å².